The minimum absolute atomic E-state index is 0.0316. The summed E-state index contributed by atoms with van der Waals surface area (Å²) in [5, 5.41) is 16.7. The Kier molecular flexibility index (Phi) is 4.38. The van der Waals surface area contributed by atoms with Crippen LogP contribution >= 0.6 is 15.9 Å². The summed E-state index contributed by atoms with van der Waals surface area (Å²) in [4.78, 5) is 0. The maximum absolute atomic E-state index is 9.19. The molecule has 96 valence electrons. The van der Waals surface area contributed by atoms with Crippen LogP contribution in [0.15, 0.2) is 35.1 Å². The van der Waals surface area contributed by atoms with E-state index in [4.69, 9.17) is 0 Å². The molecule has 0 unspecified atom stereocenters. The van der Waals surface area contributed by atoms with Gasteiger partial charge in [0.15, 0.2) is 0 Å². The van der Waals surface area contributed by atoms with Crippen molar-refractivity contribution in [3.05, 3.63) is 46.2 Å². The van der Waals surface area contributed by atoms with Gasteiger partial charge in [-0.2, -0.15) is 5.10 Å². The highest BCUT2D eigenvalue weighted by Crippen LogP contribution is 2.21. The number of rotatable bonds is 5. The number of nitrogens with zero attached hydrogens (tertiary/aromatic N) is 2. The van der Waals surface area contributed by atoms with Crippen LogP contribution in [0.3, 0.4) is 0 Å². The van der Waals surface area contributed by atoms with E-state index in [1.54, 1.807) is 0 Å². The van der Waals surface area contributed by atoms with Gasteiger partial charge in [0.1, 0.15) is 0 Å². The largest absolute Gasteiger partial charge is 0.392 e. The van der Waals surface area contributed by atoms with Crippen LogP contribution < -0.4 is 5.32 Å². The van der Waals surface area contributed by atoms with Gasteiger partial charge in [-0.25, -0.2) is 0 Å². The number of aliphatic hydroxyl groups excluding tert-OH is 1. The second-order valence-electron chi connectivity index (χ2n) is 4.02. The predicted molar refractivity (Wildman–Crippen MR) is 75.3 cm³/mol. The standard InChI is InChI=1S/C13H16BrN3O/c1-2-17-8-10(7-16-17)6-15-12-3-4-13(14)11(5-12)9-18/h3-5,7-8,15,18H,2,6,9H2,1H3. The van der Waals surface area contributed by atoms with Crippen LogP contribution in [0.1, 0.15) is 18.1 Å². The van der Waals surface area contributed by atoms with E-state index in [0.717, 1.165) is 34.4 Å². The van der Waals surface area contributed by atoms with Crippen molar-refractivity contribution in [3.63, 3.8) is 0 Å². The molecule has 1 aromatic heterocycles. The number of benzene rings is 1. The summed E-state index contributed by atoms with van der Waals surface area (Å²) in [6.45, 7) is 3.70. The second-order valence-corrected chi connectivity index (χ2v) is 4.88. The van der Waals surface area contributed by atoms with Gasteiger partial charge < -0.3 is 10.4 Å². The summed E-state index contributed by atoms with van der Waals surface area (Å²) in [6.07, 6.45) is 3.89. The highest BCUT2D eigenvalue weighted by atomic mass is 79.9. The van der Waals surface area contributed by atoms with Gasteiger partial charge in [-0.05, 0) is 30.7 Å². The molecule has 5 heteroatoms. The van der Waals surface area contributed by atoms with Gasteiger partial charge in [-0.15, -0.1) is 0 Å². The van der Waals surface area contributed by atoms with Gasteiger partial charge in [0.2, 0.25) is 0 Å². The Labute approximate surface area is 115 Å². The number of halogens is 1. The van der Waals surface area contributed by atoms with Crippen molar-refractivity contribution in [1.82, 2.24) is 9.78 Å². The lowest BCUT2D eigenvalue weighted by Crippen LogP contribution is -1.99. The molecule has 0 bridgehead atoms. The Balaban J connectivity index is 2.01. The van der Waals surface area contributed by atoms with E-state index < -0.39 is 0 Å². The molecule has 2 rings (SSSR count). The minimum atomic E-state index is 0.0316. The summed E-state index contributed by atoms with van der Waals surface area (Å²) in [7, 11) is 0. The molecule has 0 saturated heterocycles. The molecule has 18 heavy (non-hydrogen) atoms. The molecule has 4 nitrogen and oxygen atoms in total. The van der Waals surface area contributed by atoms with Gasteiger partial charge in [0.05, 0.1) is 12.8 Å². The molecule has 0 atom stereocenters. The SMILES string of the molecule is CCn1cc(CNc2ccc(Br)c(CO)c2)cn1. The molecule has 0 saturated carbocycles. The van der Waals surface area contributed by atoms with Gasteiger partial charge in [0, 0.05) is 35.0 Å². The lowest BCUT2D eigenvalue weighted by Gasteiger charge is -2.07. The monoisotopic (exact) mass is 309 g/mol. The number of hydrogen-bond donors (Lipinski definition) is 2. The number of anilines is 1. The van der Waals surface area contributed by atoms with Crippen LogP contribution in [0.4, 0.5) is 5.69 Å². The van der Waals surface area contributed by atoms with Crippen molar-refractivity contribution < 1.29 is 5.11 Å². The first-order chi connectivity index (χ1) is 8.72. The molecule has 1 heterocycles. The zero-order chi connectivity index (χ0) is 13.0. The first-order valence-corrected chi connectivity index (χ1v) is 6.66. The zero-order valence-corrected chi connectivity index (χ0v) is 11.8. The van der Waals surface area contributed by atoms with E-state index in [1.807, 2.05) is 35.3 Å². The average Bonchev–Trinajstić information content (AvgIpc) is 2.86. The third kappa shape index (κ3) is 3.11. The normalized spacial score (nSPS) is 10.6. The van der Waals surface area contributed by atoms with Crippen molar-refractivity contribution in [2.45, 2.75) is 26.6 Å². The molecule has 1 aromatic carbocycles. The smallest absolute Gasteiger partial charge is 0.0693 e. The van der Waals surface area contributed by atoms with Crippen molar-refractivity contribution in [3.8, 4) is 0 Å². The Hall–Kier alpha value is -1.33. The molecule has 0 aliphatic heterocycles. The summed E-state index contributed by atoms with van der Waals surface area (Å²) in [5.41, 5.74) is 3.01. The summed E-state index contributed by atoms with van der Waals surface area (Å²) >= 11 is 3.40. The molecule has 2 aromatic rings. The summed E-state index contributed by atoms with van der Waals surface area (Å²) < 4.78 is 2.83. The number of aryl methyl sites for hydroxylation is 1. The van der Waals surface area contributed by atoms with E-state index in [9.17, 15) is 5.11 Å². The lowest BCUT2D eigenvalue weighted by molar-refractivity contribution is 0.281. The van der Waals surface area contributed by atoms with Gasteiger partial charge in [-0.3, -0.25) is 4.68 Å². The van der Waals surface area contributed by atoms with Gasteiger partial charge >= 0.3 is 0 Å². The molecule has 0 aliphatic carbocycles. The first-order valence-electron chi connectivity index (χ1n) is 5.87. The molecule has 0 radical (unpaired) electrons. The molecular formula is C13H16BrN3O. The van der Waals surface area contributed by atoms with Crippen molar-refractivity contribution >= 4 is 21.6 Å². The highest BCUT2D eigenvalue weighted by Gasteiger charge is 2.01. The third-order valence-corrected chi connectivity index (χ3v) is 3.50. The van der Waals surface area contributed by atoms with Crippen LogP contribution in [0.25, 0.3) is 0 Å². The van der Waals surface area contributed by atoms with Gasteiger partial charge in [-0.1, -0.05) is 15.9 Å². The Bertz CT molecular complexity index is 525. The van der Waals surface area contributed by atoms with Crippen molar-refractivity contribution in [2.24, 2.45) is 0 Å². The van der Waals surface area contributed by atoms with Crippen LogP contribution in [0, 0.1) is 0 Å². The highest BCUT2D eigenvalue weighted by molar-refractivity contribution is 9.10. The number of nitrogens with one attached hydrogen (secondary N) is 1. The topological polar surface area (TPSA) is 50.1 Å². The van der Waals surface area contributed by atoms with Crippen molar-refractivity contribution in [2.75, 3.05) is 5.32 Å². The molecule has 2 N–H and O–H groups in total. The van der Waals surface area contributed by atoms with Crippen molar-refractivity contribution in [1.29, 1.82) is 0 Å². The van der Waals surface area contributed by atoms with Crippen LogP contribution in [0.2, 0.25) is 0 Å². The number of hydrogen-bond acceptors (Lipinski definition) is 3. The van der Waals surface area contributed by atoms with E-state index in [-0.39, 0.29) is 6.61 Å². The minimum Gasteiger partial charge on any atom is -0.392 e. The van der Waals surface area contributed by atoms with E-state index in [2.05, 4.69) is 33.3 Å². The second kappa shape index (κ2) is 6.02. The average molecular weight is 310 g/mol. The quantitative estimate of drug-likeness (QED) is 0.893. The Morgan fingerprint density at radius 3 is 2.94 bits per heavy atom. The maximum Gasteiger partial charge on any atom is 0.0693 e. The number of aliphatic hydroxyl groups is 1. The maximum atomic E-state index is 9.19. The summed E-state index contributed by atoms with van der Waals surface area (Å²) in [5.74, 6) is 0. The summed E-state index contributed by atoms with van der Waals surface area (Å²) in [6, 6.07) is 5.85. The van der Waals surface area contributed by atoms with Crippen LogP contribution in [0.5, 0.6) is 0 Å². The van der Waals surface area contributed by atoms with E-state index in [1.165, 1.54) is 0 Å². The molecule has 0 aliphatic rings. The molecular weight excluding hydrogens is 294 g/mol. The molecule has 0 fully saturated rings. The zero-order valence-electron chi connectivity index (χ0n) is 10.2. The fraction of sp³-hybridized carbons (Fsp3) is 0.308. The Morgan fingerprint density at radius 2 is 2.28 bits per heavy atom. The Morgan fingerprint density at radius 1 is 1.44 bits per heavy atom. The lowest BCUT2D eigenvalue weighted by atomic mass is 10.2. The third-order valence-electron chi connectivity index (χ3n) is 2.72. The van der Waals surface area contributed by atoms with Crippen LogP contribution in [-0.2, 0) is 19.7 Å². The van der Waals surface area contributed by atoms with E-state index >= 15 is 0 Å². The molecule has 0 spiro atoms. The van der Waals surface area contributed by atoms with Crippen LogP contribution in [-0.4, -0.2) is 14.9 Å². The fourth-order valence-corrected chi connectivity index (χ4v) is 2.05. The number of aromatic nitrogens is 2. The van der Waals surface area contributed by atoms with E-state index in [0.29, 0.717) is 0 Å². The fourth-order valence-electron chi connectivity index (χ4n) is 1.68. The molecule has 0 amide bonds. The predicted octanol–water partition coefficient (Wildman–Crippen LogP) is 2.77. The first kappa shape index (κ1) is 13.1. The van der Waals surface area contributed by atoms with Gasteiger partial charge in [0.25, 0.3) is 0 Å².